The number of pyridine rings is 1. The summed E-state index contributed by atoms with van der Waals surface area (Å²) in [6.45, 7) is 3.81. The van der Waals surface area contributed by atoms with Gasteiger partial charge in [-0.2, -0.15) is 0 Å². The van der Waals surface area contributed by atoms with Gasteiger partial charge in [-0.15, -0.1) is 0 Å². The Morgan fingerprint density at radius 2 is 2.29 bits per heavy atom. The van der Waals surface area contributed by atoms with E-state index in [1.54, 1.807) is 19.2 Å². The zero-order chi connectivity index (χ0) is 14.7. The molecular formula is C16H22N2O3. The van der Waals surface area contributed by atoms with Crippen LogP contribution in [0.3, 0.4) is 0 Å². The van der Waals surface area contributed by atoms with E-state index in [4.69, 9.17) is 9.47 Å². The summed E-state index contributed by atoms with van der Waals surface area (Å²) in [5, 5.41) is 0. The number of ether oxygens (including phenoxy) is 2. The lowest BCUT2D eigenvalue weighted by molar-refractivity contribution is -0.00899. The summed E-state index contributed by atoms with van der Waals surface area (Å²) in [4.78, 5) is 18.5. The molecule has 0 spiro atoms. The summed E-state index contributed by atoms with van der Waals surface area (Å²) in [5.41, 5.74) is 0.508. The van der Waals surface area contributed by atoms with Crippen LogP contribution >= 0.6 is 0 Å². The van der Waals surface area contributed by atoms with E-state index in [0.717, 1.165) is 31.8 Å². The Morgan fingerprint density at radius 3 is 3.05 bits per heavy atom. The van der Waals surface area contributed by atoms with E-state index in [2.05, 4.69) is 9.88 Å². The Labute approximate surface area is 125 Å². The zero-order valence-electron chi connectivity index (χ0n) is 12.5. The summed E-state index contributed by atoms with van der Waals surface area (Å²) in [6.07, 6.45) is 6.75. The van der Waals surface area contributed by atoms with Crippen molar-refractivity contribution >= 4 is 11.8 Å². The molecule has 5 heteroatoms. The molecular weight excluding hydrogens is 268 g/mol. The molecule has 0 N–H and O–H groups in total. The van der Waals surface area contributed by atoms with Crippen molar-refractivity contribution in [3.63, 3.8) is 0 Å². The van der Waals surface area contributed by atoms with Crippen LogP contribution in [0.25, 0.3) is 0 Å². The molecule has 2 atom stereocenters. The fourth-order valence-corrected chi connectivity index (χ4v) is 3.27. The van der Waals surface area contributed by atoms with Crippen molar-refractivity contribution < 1.29 is 14.3 Å². The van der Waals surface area contributed by atoms with Crippen molar-refractivity contribution in [3.8, 4) is 0 Å². The van der Waals surface area contributed by atoms with Crippen molar-refractivity contribution in [2.45, 2.75) is 44.8 Å². The minimum atomic E-state index is -0.311. The topological polar surface area (TPSA) is 51.7 Å². The van der Waals surface area contributed by atoms with Crippen molar-refractivity contribution in [2.75, 3.05) is 24.7 Å². The van der Waals surface area contributed by atoms with Crippen LogP contribution < -0.4 is 4.90 Å². The minimum absolute atomic E-state index is 0.311. The molecule has 1 aromatic heterocycles. The van der Waals surface area contributed by atoms with Crippen molar-refractivity contribution in [3.05, 3.63) is 23.9 Å². The normalized spacial score (nSPS) is 25.3. The summed E-state index contributed by atoms with van der Waals surface area (Å²) in [6, 6.07) is 4.14. The highest BCUT2D eigenvalue weighted by Crippen LogP contribution is 2.31. The molecule has 2 heterocycles. The van der Waals surface area contributed by atoms with Crippen LogP contribution in [-0.4, -0.2) is 42.9 Å². The average molecular weight is 290 g/mol. The van der Waals surface area contributed by atoms with Gasteiger partial charge in [0.05, 0.1) is 30.9 Å². The number of carbonyl (C=O) groups is 1. The van der Waals surface area contributed by atoms with E-state index >= 15 is 0 Å². The predicted octanol–water partition coefficient (Wildman–Crippen LogP) is 2.41. The van der Waals surface area contributed by atoms with Gasteiger partial charge in [0.2, 0.25) is 0 Å². The quantitative estimate of drug-likeness (QED) is 0.800. The number of carbonyl (C=O) groups excluding carboxylic acids is 1. The van der Waals surface area contributed by atoms with Crippen LogP contribution in [0.2, 0.25) is 0 Å². The largest absolute Gasteiger partial charge is 0.462 e. The molecule has 0 amide bonds. The van der Waals surface area contributed by atoms with Gasteiger partial charge in [-0.3, -0.25) is 0 Å². The van der Waals surface area contributed by atoms with Crippen LogP contribution in [0.5, 0.6) is 0 Å². The Balaban J connectivity index is 1.75. The maximum atomic E-state index is 11.7. The Hall–Kier alpha value is -1.62. The first-order valence-electron chi connectivity index (χ1n) is 7.81. The van der Waals surface area contributed by atoms with Crippen molar-refractivity contribution in [2.24, 2.45) is 0 Å². The van der Waals surface area contributed by atoms with Gasteiger partial charge in [0.25, 0.3) is 0 Å². The van der Waals surface area contributed by atoms with Gasteiger partial charge in [-0.05, 0) is 31.9 Å². The highest BCUT2D eigenvalue weighted by Gasteiger charge is 2.34. The Bertz CT molecular complexity index is 487. The van der Waals surface area contributed by atoms with Gasteiger partial charge in [0.1, 0.15) is 5.82 Å². The third-order valence-corrected chi connectivity index (χ3v) is 4.29. The summed E-state index contributed by atoms with van der Waals surface area (Å²) >= 11 is 0. The molecule has 5 nitrogen and oxygen atoms in total. The number of anilines is 1. The number of hydrogen-bond acceptors (Lipinski definition) is 5. The van der Waals surface area contributed by atoms with E-state index in [9.17, 15) is 4.79 Å². The second kappa shape index (κ2) is 6.43. The average Bonchev–Trinajstić information content (AvgIpc) is 2.55. The van der Waals surface area contributed by atoms with Crippen LogP contribution in [0.15, 0.2) is 18.3 Å². The van der Waals surface area contributed by atoms with Crippen LogP contribution in [0, 0.1) is 0 Å². The number of fused-ring (bicyclic) bond motifs is 1. The Kier molecular flexibility index (Phi) is 4.39. The number of nitrogens with zero attached hydrogens (tertiary/aromatic N) is 2. The van der Waals surface area contributed by atoms with Gasteiger partial charge in [-0.25, -0.2) is 9.78 Å². The first-order valence-corrected chi connectivity index (χ1v) is 7.81. The lowest BCUT2D eigenvalue weighted by atomic mass is 9.90. The number of morpholine rings is 1. The molecule has 2 aliphatic rings. The first-order chi connectivity index (χ1) is 10.3. The Morgan fingerprint density at radius 1 is 1.43 bits per heavy atom. The van der Waals surface area contributed by atoms with Crippen molar-refractivity contribution in [1.82, 2.24) is 4.98 Å². The van der Waals surface area contributed by atoms with Crippen LogP contribution in [-0.2, 0) is 9.47 Å². The molecule has 1 saturated carbocycles. The molecule has 1 saturated heterocycles. The van der Waals surface area contributed by atoms with Crippen LogP contribution in [0.4, 0.5) is 5.82 Å². The summed E-state index contributed by atoms with van der Waals surface area (Å²) in [7, 11) is 0. The smallest absolute Gasteiger partial charge is 0.339 e. The molecule has 3 rings (SSSR count). The fraction of sp³-hybridized carbons (Fsp3) is 0.625. The summed E-state index contributed by atoms with van der Waals surface area (Å²) in [5.74, 6) is 0.623. The summed E-state index contributed by atoms with van der Waals surface area (Å²) < 4.78 is 10.9. The third kappa shape index (κ3) is 3.02. The van der Waals surface area contributed by atoms with E-state index in [1.807, 2.05) is 6.07 Å². The van der Waals surface area contributed by atoms with E-state index in [1.165, 1.54) is 12.8 Å². The number of esters is 1. The standard InChI is InChI=1S/C16H22N2O3/c1-2-20-16(19)12-7-8-15(17-11-12)18-9-10-21-14-6-4-3-5-13(14)18/h7-8,11,13-14H,2-6,9-10H2,1H3. The maximum Gasteiger partial charge on any atom is 0.339 e. The molecule has 2 unspecified atom stereocenters. The van der Waals surface area contributed by atoms with Gasteiger partial charge in [-0.1, -0.05) is 12.8 Å². The number of aromatic nitrogens is 1. The van der Waals surface area contributed by atoms with Crippen LogP contribution in [0.1, 0.15) is 43.0 Å². The zero-order valence-corrected chi connectivity index (χ0v) is 12.5. The lowest BCUT2D eigenvalue weighted by Crippen LogP contribution is -2.53. The predicted molar refractivity (Wildman–Crippen MR) is 79.5 cm³/mol. The van der Waals surface area contributed by atoms with Crippen molar-refractivity contribution in [1.29, 1.82) is 0 Å². The molecule has 0 bridgehead atoms. The second-order valence-corrected chi connectivity index (χ2v) is 5.58. The second-order valence-electron chi connectivity index (χ2n) is 5.58. The number of hydrogen-bond donors (Lipinski definition) is 0. The monoisotopic (exact) mass is 290 g/mol. The first kappa shape index (κ1) is 14.3. The fourth-order valence-electron chi connectivity index (χ4n) is 3.27. The molecule has 21 heavy (non-hydrogen) atoms. The van der Waals surface area contributed by atoms with Gasteiger partial charge in [0.15, 0.2) is 0 Å². The van der Waals surface area contributed by atoms with Gasteiger partial charge < -0.3 is 14.4 Å². The van der Waals surface area contributed by atoms with E-state index < -0.39 is 0 Å². The van der Waals surface area contributed by atoms with Gasteiger partial charge in [0, 0.05) is 12.7 Å². The highest BCUT2D eigenvalue weighted by atomic mass is 16.5. The molecule has 0 aromatic carbocycles. The minimum Gasteiger partial charge on any atom is -0.462 e. The van der Waals surface area contributed by atoms with E-state index in [-0.39, 0.29) is 5.97 Å². The SMILES string of the molecule is CCOC(=O)c1ccc(N2CCOC3CCCCC32)nc1. The molecule has 0 radical (unpaired) electrons. The number of rotatable bonds is 3. The highest BCUT2D eigenvalue weighted by molar-refractivity contribution is 5.89. The molecule has 1 aliphatic carbocycles. The lowest BCUT2D eigenvalue weighted by Gasteiger charge is -2.44. The molecule has 1 aliphatic heterocycles. The molecule has 114 valence electrons. The van der Waals surface area contributed by atoms with E-state index in [0.29, 0.717) is 24.3 Å². The third-order valence-electron chi connectivity index (χ3n) is 4.29. The molecule has 1 aromatic rings. The van der Waals surface area contributed by atoms with Gasteiger partial charge >= 0.3 is 5.97 Å². The maximum absolute atomic E-state index is 11.7. The molecule has 2 fully saturated rings.